The molecule has 2 aromatic rings. The van der Waals surface area contributed by atoms with Crippen molar-refractivity contribution in [3.8, 4) is 0 Å². The van der Waals surface area contributed by atoms with Crippen molar-refractivity contribution >= 4 is 23.2 Å². The van der Waals surface area contributed by atoms with Gasteiger partial charge in [0.15, 0.2) is 0 Å². The van der Waals surface area contributed by atoms with E-state index in [0.29, 0.717) is 13.0 Å². The molecular weight excluding hydrogens is 334 g/mol. The zero-order chi connectivity index (χ0) is 17.5. The van der Waals surface area contributed by atoms with Crippen molar-refractivity contribution in [3.63, 3.8) is 0 Å². The number of amides is 2. The topological polar surface area (TPSA) is 71.1 Å². The summed E-state index contributed by atoms with van der Waals surface area (Å²) in [6.45, 7) is 0.569. The average molecular weight is 357 g/mol. The molecule has 1 aromatic heterocycles. The lowest BCUT2D eigenvalue weighted by molar-refractivity contribution is -0.125. The van der Waals surface area contributed by atoms with Crippen LogP contribution in [0.2, 0.25) is 0 Å². The van der Waals surface area contributed by atoms with Crippen LogP contribution in [0, 0.1) is 0 Å². The van der Waals surface area contributed by atoms with E-state index in [-0.39, 0.29) is 18.4 Å². The third-order valence-corrected chi connectivity index (χ3v) is 5.42. The SMILES string of the molecule is O=C(CNC(=O)Cc1ccccc1)NCCc1nc2c(s1)CCCC2. The normalized spacial score (nSPS) is 13.1. The molecule has 0 spiro atoms. The Morgan fingerprint density at radius 2 is 1.84 bits per heavy atom. The number of hydrogen-bond acceptors (Lipinski definition) is 4. The van der Waals surface area contributed by atoms with Crippen molar-refractivity contribution < 1.29 is 9.59 Å². The first-order valence-corrected chi connectivity index (χ1v) is 9.57. The van der Waals surface area contributed by atoms with Crippen LogP contribution in [-0.2, 0) is 35.3 Å². The smallest absolute Gasteiger partial charge is 0.239 e. The van der Waals surface area contributed by atoms with Gasteiger partial charge in [-0.15, -0.1) is 11.3 Å². The van der Waals surface area contributed by atoms with Crippen molar-refractivity contribution in [3.05, 3.63) is 51.5 Å². The van der Waals surface area contributed by atoms with Gasteiger partial charge in [-0.25, -0.2) is 4.98 Å². The maximum atomic E-state index is 11.8. The minimum atomic E-state index is -0.164. The van der Waals surface area contributed by atoms with Gasteiger partial charge >= 0.3 is 0 Å². The average Bonchev–Trinajstić information content (AvgIpc) is 3.03. The van der Waals surface area contributed by atoms with Crippen LogP contribution in [0.25, 0.3) is 0 Å². The van der Waals surface area contributed by atoms with Crippen molar-refractivity contribution in [2.45, 2.75) is 38.5 Å². The molecule has 1 aliphatic carbocycles. The van der Waals surface area contributed by atoms with Crippen LogP contribution < -0.4 is 10.6 Å². The number of nitrogens with zero attached hydrogens (tertiary/aromatic N) is 1. The number of aromatic nitrogens is 1. The van der Waals surface area contributed by atoms with Crippen LogP contribution >= 0.6 is 11.3 Å². The van der Waals surface area contributed by atoms with Crippen LogP contribution in [0.5, 0.6) is 0 Å². The third kappa shape index (κ3) is 5.39. The Hall–Kier alpha value is -2.21. The minimum absolute atomic E-state index is 0.0139. The molecule has 6 heteroatoms. The van der Waals surface area contributed by atoms with Crippen molar-refractivity contribution in [2.24, 2.45) is 0 Å². The van der Waals surface area contributed by atoms with Crippen LogP contribution in [0.1, 0.15) is 34.0 Å². The van der Waals surface area contributed by atoms with E-state index in [4.69, 9.17) is 0 Å². The molecule has 1 heterocycles. The fraction of sp³-hybridized carbons (Fsp3) is 0.421. The van der Waals surface area contributed by atoms with Crippen molar-refractivity contribution in [1.82, 2.24) is 15.6 Å². The lowest BCUT2D eigenvalue weighted by Gasteiger charge is -2.06. The summed E-state index contributed by atoms with van der Waals surface area (Å²) in [5, 5.41) is 6.60. The second kappa shape index (κ2) is 8.76. The van der Waals surface area contributed by atoms with E-state index in [9.17, 15) is 9.59 Å². The Kier molecular flexibility index (Phi) is 6.17. The molecule has 1 aliphatic rings. The quantitative estimate of drug-likeness (QED) is 0.797. The molecule has 0 fully saturated rings. The summed E-state index contributed by atoms with van der Waals surface area (Å²) in [6.07, 6.45) is 5.77. The van der Waals surface area contributed by atoms with Gasteiger partial charge in [-0.3, -0.25) is 9.59 Å². The second-order valence-electron chi connectivity index (χ2n) is 6.22. The molecule has 1 aromatic carbocycles. The molecule has 5 nitrogen and oxygen atoms in total. The Bertz CT molecular complexity index is 704. The monoisotopic (exact) mass is 357 g/mol. The van der Waals surface area contributed by atoms with Gasteiger partial charge in [0.05, 0.1) is 23.7 Å². The van der Waals surface area contributed by atoms with Crippen LogP contribution in [0.3, 0.4) is 0 Å². The highest BCUT2D eigenvalue weighted by Crippen LogP contribution is 2.26. The van der Waals surface area contributed by atoms with E-state index in [1.165, 1.54) is 23.4 Å². The second-order valence-corrected chi connectivity index (χ2v) is 7.39. The molecule has 0 bridgehead atoms. The Morgan fingerprint density at radius 1 is 1.04 bits per heavy atom. The molecule has 0 atom stereocenters. The van der Waals surface area contributed by atoms with Gasteiger partial charge in [-0.05, 0) is 31.2 Å². The summed E-state index contributed by atoms with van der Waals surface area (Å²) < 4.78 is 0. The summed E-state index contributed by atoms with van der Waals surface area (Å²) in [5.74, 6) is -0.309. The number of aryl methyl sites for hydroxylation is 2. The van der Waals surface area contributed by atoms with E-state index in [1.54, 1.807) is 11.3 Å². The first-order valence-electron chi connectivity index (χ1n) is 8.75. The molecule has 0 saturated heterocycles. The molecular formula is C19H23N3O2S. The third-order valence-electron chi connectivity index (χ3n) is 4.20. The van der Waals surface area contributed by atoms with E-state index >= 15 is 0 Å². The molecule has 0 radical (unpaired) electrons. The number of thiazole rings is 1. The van der Waals surface area contributed by atoms with E-state index in [0.717, 1.165) is 29.8 Å². The fourth-order valence-corrected chi connectivity index (χ4v) is 4.06. The Labute approximate surface area is 151 Å². The van der Waals surface area contributed by atoms with Crippen LogP contribution in [0.15, 0.2) is 30.3 Å². The lowest BCUT2D eigenvalue weighted by Crippen LogP contribution is -2.38. The summed E-state index contributed by atoms with van der Waals surface area (Å²) in [6, 6.07) is 9.49. The summed E-state index contributed by atoms with van der Waals surface area (Å²) in [4.78, 5) is 29.8. The number of fused-ring (bicyclic) bond motifs is 1. The van der Waals surface area contributed by atoms with Crippen LogP contribution in [0.4, 0.5) is 0 Å². The molecule has 0 aliphatic heterocycles. The Balaban J connectivity index is 1.34. The zero-order valence-corrected chi connectivity index (χ0v) is 15.0. The largest absolute Gasteiger partial charge is 0.354 e. The maximum absolute atomic E-state index is 11.8. The number of hydrogen-bond donors (Lipinski definition) is 2. The van der Waals surface area contributed by atoms with E-state index in [2.05, 4.69) is 15.6 Å². The first kappa shape index (κ1) is 17.6. The van der Waals surface area contributed by atoms with Crippen LogP contribution in [-0.4, -0.2) is 29.9 Å². The van der Waals surface area contributed by atoms with Gasteiger partial charge in [-0.1, -0.05) is 30.3 Å². The molecule has 3 rings (SSSR count). The van der Waals surface area contributed by atoms with Gasteiger partial charge in [0.1, 0.15) is 0 Å². The first-order chi connectivity index (χ1) is 12.2. The fourth-order valence-electron chi connectivity index (χ4n) is 2.91. The maximum Gasteiger partial charge on any atom is 0.239 e. The molecule has 0 saturated carbocycles. The molecule has 25 heavy (non-hydrogen) atoms. The summed E-state index contributed by atoms with van der Waals surface area (Å²) in [5.41, 5.74) is 2.19. The van der Waals surface area contributed by atoms with Crippen molar-refractivity contribution in [2.75, 3.05) is 13.1 Å². The number of nitrogens with one attached hydrogen (secondary N) is 2. The van der Waals surface area contributed by atoms with Gasteiger partial charge < -0.3 is 10.6 Å². The Morgan fingerprint density at radius 3 is 2.64 bits per heavy atom. The number of rotatable bonds is 7. The number of benzene rings is 1. The summed E-state index contributed by atoms with van der Waals surface area (Å²) in [7, 11) is 0. The molecule has 2 N–H and O–H groups in total. The standard InChI is InChI=1S/C19H23N3O2S/c23-17(12-14-6-2-1-3-7-14)21-13-18(24)20-11-10-19-22-15-8-4-5-9-16(15)25-19/h1-3,6-7H,4-5,8-13H2,(H,20,24)(H,21,23). The predicted molar refractivity (Wildman–Crippen MR) is 98.6 cm³/mol. The van der Waals surface area contributed by atoms with Gasteiger partial charge in [0.25, 0.3) is 0 Å². The van der Waals surface area contributed by atoms with Gasteiger partial charge in [0, 0.05) is 17.8 Å². The number of carbonyl (C=O) groups excluding carboxylic acids is 2. The lowest BCUT2D eigenvalue weighted by atomic mass is 10.0. The highest BCUT2D eigenvalue weighted by atomic mass is 32.1. The molecule has 0 unspecified atom stereocenters. The molecule has 132 valence electrons. The van der Waals surface area contributed by atoms with Crippen molar-refractivity contribution in [1.29, 1.82) is 0 Å². The van der Waals surface area contributed by atoms with E-state index < -0.39 is 0 Å². The highest BCUT2D eigenvalue weighted by molar-refractivity contribution is 7.11. The molecule has 2 amide bonds. The number of carbonyl (C=O) groups is 2. The zero-order valence-electron chi connectivity index (χ0n) is 14.2. The van der Waals surface area contributed by atoms with E-state index in [1.807, 2.05) is 30.3 Å². The van der Waals surface area contributed by atoms with Gasteiger partial charge in [0.2, 0.25) is 11.8 Å². The minimum Gasteiger partial charge on any atom is -0.354 e. The predicted octanol–water partition coefficient (Wildman–Crippen LogP) is 2.04. The summed E-state index contributed by atoms with van der Waals surface area (Å²) >= 11 is 1.77. The van der Waals surface area contributed by atoms with Gasteiger partial charge in [-0.2, -0.15) is 0 Å². The highest BCUT2D eigenvalue weighted by Gasteiger charge is 2.15.